The third-order valence-corrected chi connectivity index (χ3v) is 4.98. The number of hydrogen-bond donors (Lipinski definition) is 2. The Morgan fingerprint density at radius 1 is 1.38 bits per heavy atom. The second-order valence-electron chi connectivity index (χ2n) is 5.57. The van der Waals surface area contributed by atoms with Gasteiger partial charge in [-0.1, -0.05) is 29.1 Å². The average Bonchev–Trinajstić information content (AvgIpc) is 3.07. The standard InChI is InChI=1S/C16H17FN4O2S/c17-11-6-4-10(5-7-11)9-24-16-19-15(22)12-2-1-3-13(12)21(16)8-14(18)20-23/h4-7,23H,1-3,8-9H2,(H2,18,20). The van der Waals surface area contributed by atoms with Crippen LogP contribution in [0.3, 0.4) is 0 Å². The second-order valence-corrected chi connectivity index (χ2v) is 6.51. The van der Waals surface area contributed by atoms with E-state index < -0.39 is 0 Å². The summed E-state index contributed by atoms with van der Waals surface area (Å²) in [5.74, 6) is 0.309. The number of halogens is 1. The minimum atomic E-state index is -0.289. The summed E-state index contributed by atoms with van der Waals surface area (Å²) in [6, 6.07) is 6.19. The molecule has 8 heteroatoms. The van der Waals surface area contributed by atoms with E-state index in [-0.39, 0.29) is 23.8 Å². The molecule has 0 amide bonds. The van der Waals surface area contributed by atoms with Crippen molar-refractivity contribution in [3.05, 3.63) is 57.3 Å². The van der Waals surface area contributed by atoms with Gasteiger partial charge >= 0.3 is 0 Å². The highest BCUT2D eigenvalue weighted by molar-refractivity contribution is 7.98. The van der Waals surface area contributed by atoms with Crippen LogP contribution in [-0.2, 0) is 25.1 Å². The van der Waals surface area contributed by atoms with Gasteiger partial charge in [-0.05, 0) is 37.0 Å². The molecule has 0 aliphatic heterocycles. The summed E-state index contributed by atoms with van der Waals surface area (Å²) in [7, 11) is 0. The molecule has 3 rings (SSSR count). The summed E-state index contributed by atoms with van der Waals surface area (Å²) >= 11 is 1.38. The second kappa shape index (κ2) is 7.04. The quantitative estimate of drug-likeness (QED) is 0.215. The Balaban J connectivity index is 1.92. The minimum absolute atomic E-state index is 0.0539. The zero-order valence-electron chi connectivity index (χ0n) is 12.9. The average molecular weight is 348 g/mol. The first-order valence-electron chi connectivity index (χ1n) is 7.54. The van der Waals surface area contributed by atoms with E-state index in [1.54, 1.807) is 12.1 Å². The number of oxime groups is 1. The Hall–Kier alpha value is -2.35. The molecule has 0 radical (unpaired) electrons. The molecule has 0 spiro atoms. The zero-order chi connectivity index (χ0) is 17.1. The van der Waals surface area contributed by atoms with Crippen molar-refractivity contribution in [1.82, 2.24) is 9.55 Å². The van der Waals surface area contributed by atoms with E-state index in [1.807, 2.05) is 4.57 Å². The van der Waals surface area contributed by atoms with Gasteiger partial charge in [-0.3, -0.25) is 4.79 Å². The van der Waals surface area contributed by atoms with E-state index in [4.69, 9.17) is 10.9 Å². The molecular formula is C16H17FN4O2S. The largest absolute Gasteiger partial charge is 0.409 e. The summed E-state index contributed by atoms with van der Waals surface area (Å²) < 4.78 is 14.8. The Bertz CT molecular complexity index is 833. The molecule has 24 heavy (non-hydrogen) atoms. The Kier molecular flexibility index (Phi) is 4.84. The molecule has 0 unspecified atom stereocenters. The summed E-state index contributed by atoms with van der Waals surface area (Å²) in [6.07, 6.45) is 2.38. The van der Waals surface area contributed by atoms with Crippen molar-refractivity contribution < 1.29 is 9.60 Å². The molecule has 1 heterocycles. The maximum absolute atomic E-state index is 13.0. The van der Waals surface area contributed by atoms with Crippen LogP contribution in [0, 0.1) is 5.82 Å². The van der Waals surface area contributed by atoms with Gasteiger partial charge in [0, 0.05) is 17.0 Å². The van der Waals surface area contributed by atoms with Crippen LogP contribution in [0.5, 0.6) is 0 Å². The van der Waals surface area contributed by atoms with Crippen LogP contribution >= 0.6 is 11.8 Å². The first-order chi connectivity index (χ1) is 11.6. The molecule has 1 aliphatic carbocycles. The lowest BCUT2D eigenvalue weighted by molar-refractivity contribution is 0.316. The molecule has 1 aromatic heterocycles. The molecule has 1 aliphatic rings. The lowest BCUT2D eigenvalue weighted by Gasteiger charge is -2.16. The van der Waals surface area contributed by atoms with Gasteiger partial charge in [0.15, 0.2) is 11.0 Å². The molecule has 6 nitrogen and oxygen atoms in total. The van der Waals surface area contributed by atoms with E-state index in [0.29, 0.717) is 22.9 Å². The topological polar surface area (TPSA) is 93.5 Å². The van der Waals surface area contributed by atoms with E-state index in [9.17, 15) is 9.18 Å². The molecule has 0 saturated heterocycles. The first-order valence-corrected chi connectivity index (χ1v) is 8.53. The van der Waals surface area contributed by atoms with Crippen molar-refractivity contribution in [3.8, 4) is 0 Å². The van der Waals surface area contributed by atoms with Crippen LogP contribution in [0.1, 0.15) is 23.2 Å². The maximum Gasteiger partial charge on any atom is 0.277 e. The molecule has 2 aromatic rings. The number of hydrogen-bond acceptors (Lipinski definition) is 5. The molecule has 126 valence electrons. The van der Waals surface area contributed by atoms with Crippen LogP contribution in [0.15, 0.2) is 39.4 Å². The number of nitrogens with zero attached hydrogens (tertiary/aromatic N) is 3. The van der Waals surface area contributed by atoms with Crippen molar-refractivity contribution >= 4 is 17.6 Å². The van der Waals surface area contributed by atoms with Gasteiger partial charge in [0.1, 0.15) is 5.82 Å². The van der Waals surface area contributed by atoms with Gasteiger partial charge in [0.2, 0.25) is 0 Å². The van der Waals surface area contributed by atoms with Crippen LogP contribution in [-0.4, -0.2) is 20.6 Å². The fraction of sp³-hybridized carbons (Fsp3) is 0.312. The third kappa shape index (κ3) is 3.43. The molecular weight excluding hydrogens is 331 g/mol. The predicted octanol–water partition coefficient (Wildman–Crippen LogP) is 1.91. The van der Waals surface area contributed by atoms with Crippen LogP contribution in [0.25, 0.3) is 0 Å². The van der Waals surface area contributed by atoms with Gasteiger partial charge in [0.25, 0.3) is 5.56 Å². The summed E-state index contributed by atoms with van der Waals surface area (Å²) in [4.78, 5) is 16.4. The number of benzene rings is 1. The first kappa shape index (κ1) is 16.5. The monoisotopic (exact) mass is 348 g/mol. The van der Waals surface area contributed by atoms with Crippen molar-refractivity contribution in [1.29, 1.82) is 0 Å². The zero-order valence-corrected chi connectivity index (χ0v) is 13.7. The fourth-order valence-corrected chi connectivity index (χ4v) is 3.75. The van der Waals surface area contributed by atoms with Crippen molar-refractivity contribution in [2.45, 2.75) is 36.7 Å². The van der Waals surface area contributed by atoms with Gasteiger partial charge < -0.3 is 15.5 Å². The molecule has 0 atom stereocenters. The highest BCUT2D eigenvalue weighted by atomic mass is 32.2. The molecule has 1 aromatic carbocycles. The SMILES string of the molecule is N/C(Cn1c(SCc2ccc(F)cc2)nc(=O)c2c1CCC2)=N\O. The maximum atomic E-state index is 13.0. The smallest absolute Gasteiger partial charge is 0.277 e. The van der Waals surface area contributed by atoms with Crippen molar-refractivity contribution in [2.24, 2.45) is 10.9 Å². The van der Waals surface area contributed by atoms with E-state index in [1.165, 1.54) is 23.9 Å². The molecule has 0 bridgehead atoms. The van der Waals surface area contributed by atoms with Gasteiger partial charge in [-0.15, -0.1) is 0 Å². The highest BCUT2D eigenvalue weighted by Crippen LogP contribution is 2.26. The number of fused-ring (bicyclic) bond motifs is 1. The van der Waals surface area contributed by atoms with Gasteiger partial charge in [-0.25, -0.2) is 4.39 Å². The lowest BCUT2D eigenvalue weighted by Crippen LogP contribution is -2.27. The highest BCUT2D eigenvalue weighted by Gasteiger charge is 2.22. The number of aromatic nitrogens is 2. The van der Waals surface area contributed by atoms with E-state index in [2.05, 4.69) is 10.1 Å². The van der Waals surface area contributed by atoms with Crippen LogP contribution in [0.2, 0.25) is 0 Å². The van der Waals surface area contributed by atoms with E-state index in [0.717, 1.165) is 24.1 Å². The van der Waals surface area contributed by atoms with E-state index >= 15 is 0 Å². The van der Waals surface area contributed by atoms with Crippen LogP contribution < -0.4 is 11.3 Å². The number of amidine groups is 1. The Labute approximate surface area is 142 Å². The van der Waals surface area contributed by atoms with Crippen molar-refractivity contribution in [2.75, 3.05) is 0 Å². The predicted molar refractivity (Wildman–Crippen MR) is 89.9 cm³/mol. The summed E-state index contributed by atoms with van der Waals surface area (Å²) in [6.45, 7) is 0.178. The third-order valence-electron chi connectivity index (χ3n) is 3.93. The van der Waals surface area contributed by atoms with Gasteiger partial charge in [-0.2, -0.15) is 4.98 Å². The molecule has 3 N–H and O–H groups in total. The number of thioether (sulfide) groups is 1. The van der Waals surface area contributed by atoms with Crippen LogP contribution in [0.4, 0.5) is 4.39 Å². The number of rotatable bonds is 5. The van der Waals surface area contributed by atoms with Gasteiger partial charge in [0.05, 0.1) is 6.54 Å². The minimum Gasteiger partial charge on any atom is -0.409 e. The number of nitrogens with two attached hydrogens (primary N) is 1. The lowest BCUT2D eigenvalue weighted by atomic mass is 10.2. The Morgan fingerprint density at radius 3 is 2.83 bits per heavy atom. The fourth-order valence-electron chi connectivity index (χ4n) is 2.78. The molecule has 0 fully saturated rings. The Morgan fingerprint density at radius 2 is 2.12 bits per heavy atom. The van der Waals surface area contributed by atoms with Crippen molar-refractivity contribution in [3.63, 3.8) is 0 Å². The summed E-state index contributed by atoms with van der Waals surface area (Å²) in [5.41, 5.74) is 7.99. The normalized spacial score (nSPS) is 14.0. The summed E-state index contributed by atoms with van der Waals surface area (Å²) in [5, 5.41) is 12.4. The molecule has 0 saturated carbocycles.